The lowest BCUT2D eigenvalue weighted by Crippen LogP contribution is -1.89. The summed E-state index contributed by atoms with van der Waals surface area (Å²) in [7, 11) is 0. The number of carbonyl (C=O) groups is 1. The van der Waals surface area contributed by atoms with Crippen LogP contribution in [0.4, 0.5) is 0 Å². The Morgan fingerprint density at radius 3 is 2.67 bits per heavy atom. The molecule has 0 saturated carbocycles. The maximum Gasteiger partial charge on any atom is 0.221 e. The van der Waals surface area contributed by atoms with Crippen LogP contribution in [0.1, 0.15) is 16.3 Å². The van der Waals surface area contributed by atoms with Gasteiger partial charge in [0.25, 0.3) is 0 Å². The molecule has 0 fully saturated rings. The third-order valence-electron chi connectivity index (χ3n) is 2.93. The Hall–Kier alpha value is -2.52. The van der Waals surface area contributed by atoms with Gasteiger partial charge in [0.15, 0.2) is 5.76 Å². The zero-order chi connectivity index (χ0) is 14.7. The lowest BCUT2D eigenvalue weighted by Gasteiger charge is -1.98. The van der Waals surface area contributed by atoms with Crippen molar-refractivity contribution in [1.29, 1.82) is 0 Å². The standard InChI is InChI=1S/C17H11ClO3/c18-14-5-2-1-4-13(14)16-10-8-12(21-16)7-9-15(19)17-6-3-11-20-17/h1-11H/b9-7-. The summed E-state index contributed by atoms with van der Waals surface area (Å²) in [5.74, 6) is 1.32. The van der Waals surface area contributed by atoms with E-state index in [2.05, 4.69) is 0 Å². The molecule has 0 aliphatic rings. The van der Waals surface area contributed by atoms with E-state index in [1.54, 1.807) is 30.3 Å². The fraction of sp³-hybridized carbons (Fsp3) is 0. The van der Waals surface area contributed by atoms with Gasteiger partial charge in [-0.25, -0.2) is 0 Å². The lowest BCUT2D eigenvalue weighted by molar-refractivity contribution is 0.102. The van der Waals surface area contributed by atoms with E-state index in [9.17, 15) is 4.79 Å². The van der Waals surface area contributed by atoms with E-state index < -0.39 is 0 Å². The number of hydrogen-bond donors (Lipinski definition) is 0. The number of benzene rings is 1. The van der Waals surface area contributed by atoms with Crippen molar-refractivity contribution < 1.29 is 13.6 Å². The third-order valence-corrected chi connectivity index (χ3v) is 3.26. The van der Waals surface area contributed by atoms with E-state index in [1.807, 2.05) is 24.3 Å². The van der Waals surface area contributed by atoms with Gasteiger partial charge in [-0.15, -0.1) is 0 Å². The first kappa shape index (κ1) is 13.5. The Morgan fingerprint density at radius 2 is 1.90 bits per heavy atom. The van der Waals surface area contributed by atoms with Crippen molar-refractivity contribution in [3.8, 4) is 11.3 Å². The zero-order valence-electron chi connectivity index (χ0n) is 11.0. The van der Waals surface area contributed by atoms with Crippen molar-refractivity contribution in [2.75, 3.05) is 0 Å². The molecule has 21 heavy (non-hydrogen) atoms. The molecule has 2 aromatic heterocycles. The van der Waals surface area contributed by atoms with E-state index in [4.69, 9.17) is 20.4 Å². The van der Waals surface area contributed by atoms with Gasteiger partial charge in [0, 0.05) is 5.56 Å². The molecule has 0 aliphatic heterocycles. The maximum absolute atomic E-state index is 11.8. The monoisotopic (exact) mass is 298 g/mol. The summed E-state index contributed by atoms with van der Waals surface area (Å²) in [6, 6.07) is 14.3. The highest BCUT2D eigenvalue weighted by Crippen LogP contribution is 2.29. The second-order valence-corrected chi connectivity index (χ2v) is 4.76. The molecular formula is C17H11ClO3. The molecule has 3 rings (SSSR count). The number of allylic oxidation sites excluding steroid dienone is 1. The Balaban J connectivity index is 1.80. The van der Waals surface area contributed by atoms with E-state index >= 15 is 0 Å². The molecule has 0 bridgehead atoms. The first-order valence-corrected chi connectivity index (χ1v) is 6.72. The minimum absolute atomic E-state index is 0.212. The van der Waals surface area contributed by atoms with E-state index in [0.717, 1.165) is 5.56 Å². The summed E-state index contributed by atoms with van der Waals surface area (Å²) in [5.41, 5.74) is 0.816. The molecule has 0 unspecified atom stereocenters. The molecule has 0 saturated heterocycles. The number of halogens is 1. The zero-order valence-corrected chi connectivity index (χ0v) is 11.7. The van der Waals surface area contributed by atoms with E-state index in [1.165, 1.54) is 12.3 Å². The maximum atomic E-state index is 11.8. The largest absolute Gasteiger partial charge is 0.461 e. The van der Waals surface area contributed by atoms with Crippen molar-refractivity contribution >= 4 is 23.5 Å². The van der Waals surface area contributed by atoms with Crippen molar-refractivity contribution in [3.05, 3.63) is 77.4 Å². The average molecular weight is 299 g/mol. The molecule has 0 spiro atoms. The number of rotatable bonds is 4. The summed E-state index contributed by atoms with van der Waals surface area (Å²) in [5, 5.41) is 0.619. The SMILES string of the molecule is O=C(/C=C\c1ccc(-c2ccccc2Cl)o1)c1ccco1. The average Bonchev–Trinajstić information content (AvgIpc) is 3.17. The van der Waals surface area contributed by atoms with Crippen LogP contribution in [-0.2, 0) is 0 Å². The predicted molar refractivity (Wildman–Crippen MR) is 81.2 cm³/mol. The van der Waals surface area contributed by atoms with Crippen molar-refractivity contribution in [2.24, 2.45) is 0 Å². The fourth-order valence-corrected chi connectivity index (χ4v) is 2.14. The third kappa shape index (κ3) is 2.98. The van der Waals surface area contributed by atoms with Gasteiger partial charge in [-0.3, -0.25) is 4.79 Å². The van der Waals surface area contributed by atoms with Crippen LogP contribution in [0.15, 0.2) is 69.7 Å². The summed E-state index contributed by atoms with van der Waals surface area (Å²) >= 11 is 6.12. The smallest absolute Gasteiger partial charge is 0.221 e. The van der Waals surface area contributed by atoms with Gasteiger partial charge in [-0.2, -0.15) is 0 Å². The van der Waals surface area contributed by atoms with Gasteiger partial charge in [0.2, 0.25) is 5.78 Å². The van der Waals surface area contributed by atoms with Crippen LogP contribution in [0, 0.1) is 0 Å². The minimum Gasteiger partial charge on any atom is -0.461 e. The second kappa shape index (κ2) is 5.85. The molecule has 0 radical (unpaired) electrons. The van der Waals surface area contributed by atoms with E-state index in [0.29, 0.717) is 22.3 Å². The van der Waals surface area contributed by atoms with Crippen LogP contribution in [-0.4, -0.2) is 5.78 Å². The van der Waals surface area contributed by atoms with Gasteiger partial charge in [0.1, 0.15) is 11.5 Å². The van der Waals surface area contributed by atoms with Crippen LogP contribution in [0.3, 0.4) is 0 Å². The van der Waals surface area contributed by atoms with Gasteiger partial charge in [0.05, 0.1) is 11.3 Å². The first-order chi connectivity index (χ1) is 10.2. The van der Waals surface area contributed by atoms with Crippen molar-refractivity contribution in [3.63, 3.8) is 0 Å². The first-order valence-electron chi connectivity index (χ1n) is 6.35. The Bertz CT molecular complexity index is 782. The molecule has 2 heterocycles. The Kier molecular flexibility index (Phi) is 3.75. The second-order valence-electron chi connectivity index (χ2n) is 4.36. The molecule has 0 aliphatic carbocycles. The Labute approximate surface area is 126 Å². The molecule has 4 heteroatoms. The van der Waals surface area contributed by atoms with Gasteiger partial charge < -0.3 is 8.83 Å². The molecule has 104 valence electrons. The predicted octanol–water partition coefficient (Wildman–Crippen LogP) is 5.09. The van der Waals surface area contributed by atoms with Crippen molar-refractivity contribution in [2.45, 2.75) is 0 Å². The summed E-state index contributed by atoms with van der Waals surface area (Å²) in [6.07, 6.45) is 4.47. The van der Waals surface area contributed by atoms with Gasteiger partial charge in [-0.1, -0.05) is 23.7 Å². The molecular weight excluding hydrogens is 288 g/mol. The van der Waals surface area contributed by atoms with Crippen molar-refractivity contribution in [1.82, 2.24) is 0 Å². The minimum atomic E-state index is -0.212. The molecule has 3 aromatic rings. The van der Waals surface area contributed by atoms with Crippen LogP contribution in [0.25, 0.3) is 17.4 Å². The number of ketones is 1. The number of hydrogen-bond acceptors (Lipinski definition) is 3. The summed E-state index contributed by atoms with van der Waals surface area (Å²) < 4.78 is 10.7. The van der Waals surface area contributed by atoms with Gasteiger partial charge in [-0.05, 0) is 48.6 Å². The summed E-state index contributed by atoms with van der Waals surface area (Å²) in [4.78, 5) is 11.8. The molecule has 0 amide bonds. The lowest BCUT2D eigenvalue weighted by atomic mass is 10.2. The topological polar surface area (TPSA) is 43.4 Å². The van der Waals surface area contributed by atoms with Crippen LogP contribution < -0.4 is 0 Å². The van der Waals surface area contributed by atoms with Crippen LogP contribution in [0.5, 0.6) is 0 Å². The fourth-order valence-electron chi connectivity index (χ4n) is 1.91. The number of furan rings is 2. The number of carbonyl (C=O) groups excluding carboxylic acids is 1. The quantitative estimate of drug-likeness (QED) is 0.498. The highest BCUT2D eigenvalue weighted by molar-refractivity contribution is 6.33. The van der Waals surface area contributed by atoms with Crippen LogP contribution in [0.2, 0.25) is 5.02 Å². The van der Waals surface area contributed by atoms with Gasteiger partial charge >= 0.3 is 0 Å². The molecule has 3 nitrogen and oxygen atoms in total. The Morgan fingerprint density at radius 1 is 1.05 bits per heavy atom. The molecule has 0 N–H and O–H groups in total. The summed E-state index contributed by atoms with van der Waals surface area (Å²) in [6.45, 7) is 0. The normalized spacial score (nSPS) is 11.1. The van der Waals surface area contributed by atoms with E-state index in [-0.39, 0.29) is 5.78 Å². The van der Waals surface area contributed by atoms with Crippen LogP contribution >= 0.6 is 11.6 Å². The molecule has 1 aromatic carbocycles. The highest BCUT2D eigenvalue weighted by atomic mass is 35.5. The molecule has 0 atom stereocenters. The highest BCUT2D eigenvalue weighted by Gasteiger charge is 2.08.